The molecule has 0 aliphatic carbocycles. The van der Waals surface area contributed by atoms with Gasteiger partial charge in [-0.05, 0) is 13.0 Å². The van der Waals surface area contributed by atoms with Crippen LogP contribution in [0, 0.1) is 22.9 Å². The summed E-state index contributed by atoms with van der Waals surface area (Å²) in [4.78, 5) is 21.7. The van der Waals surface area contributed by atoms with Gasteiger partial charge in [-0.15, -0.1) is 0 Å². The molecule has 0 unspecified atom stereocenters. The summed E-state index contributed by atoms with van der Waals surface area (Å²) < 4.78 is 13.5. The number of aryl methyl sites for hydroxylation is 1. The Morgan fingerprint density at radius 1 is 1.47 bits per heavy atom. The van der Waals surface area contributed by atoms with Crippen LogP contribution in [0.25, 0.3) is 0 Å². The number of carbonyl (C=O) groups excluding carboxylic acids is 1. The summed E-state index contributed by atoms with van der Waals surface area (Å²) in [7, 11) is 0. The Morgan fingerprint density at radius 3 is 2.79 bits per heavy atom. The highest BCUT2D eigenvalue weighted by Gasteiger charge is 2.17. The van der Waals surface area contributed by atoms with Gasteiger partial charge in [0.15, 0.2) is 5.82 Å². The first-order valence-corrected chi connectivity index (χ1v) is 5.24. The molecule has 2 aromatic rings. The number of rotatable bonds is 3. The Hall–Kier alpha value is -2.77. The van der Waals surface area contributed by atoms with Crippen molar-refractivity contribution in [2.45, 2.75) is 6.92 Å². The fourth-order valence-electron chi connectivity index (χ4n) is 1.47. The first kappa shape index (κ1) is 12.7. The number of nitrogens with one attached hydrogen (secondary N) is 2. The zero-order valence-electron chi connectivity index (χ0n) is 9.81. The molecule has 0 atom stereocenters. The van der Waals surface area contributed by atoms with Crippen molar-refractivity contribution >= 4 is 17.4 Å². The average Bonchev–Trinajstić information content (AvgIpc) is 2.74. The van der Waals surface area contributed by atoms with Gasteiger partial charge < -0.3 is 5.32 Å². The molecule has 0 aliphatic rings. The van der Waals surface area contributed by atoms with Crippen molar-refractivity contribution in [3.05, 3.63) is 51.5 Å². The van der Waals surface area contributed by atoms with E-state index in [2.05, 4.69) is 15.5 Å². The normalized spacial score (nSPS) is 10.2. The molecule has 0 fully saturated rings. The molecule has 2 rings (SSSR count). The van der Waals surface area contributed by atoms with Gasteiger partial charge in [0.25, 0.3) is 11.6 Å². The van der Waals surface area contributed by atoms with Gasteiger partial charge in [-0.1, -0.05) is 0 Å². The highest BCUT2D eigenvalue weighted by atomic mass is 19.1. The van der Waals surface area contributed by atoms with Crippen LogP contribution in [0.15, 0.2) is 24.3 Å². The van der Waals surface area contributed by atoms with Crippen molar-refractivity contribution in [2.75, 3.05) is 5.32 Å². The van der Waals surface area contributed by atoms with Crippen molar-refractivity contribution in [3.8, 4) is 0 Å². The second-order valence-corrected chi connectivity index (χ2v) is 3.81. The van der Waals surface area contributed by atoms with Crippen LogP contribution in [0.5, 0.6) is 0 Å². The Labute approximate surface area is 106 Å². The average molecular weight is 264 g/mol. The largest absolute Gasteiger partial charge is 0.305 e. The second kappa shape index (κ2) is 4.84. The molecule has 0 saturated carbocycles. The molecule has 7 nitrogen and oxygen atoms in total. The van der Waals surface area contributed by atoms with E-state index in [4.69, 9.17) is 0 Å². The third-order valence-corrected chi connectivity index (χ3v) is 2.35. The molecule has 2 N–H and O–H groups in total. The summed E-state index contributed by atoms with van der Waals surface area (Å²) in [5.41, 5.74) is -0.0468. The van der Waals surface area contributed by atoms with Gasteiger partial charge >= 0.3 is 0 Å². The summed E-state index contributed by atoms with van der Waals surface area (Å²) in [5.74, 6) is -1.42. The van der Waals surface area contributed by atoms with E-state index < -0.39 is 22.2 Å². The second-order valence-electron chi connectivity index (χ2n) is 3.81. The van der Waals surface area contributed by atoms with E-state index in [9.17, 15) is 19.3 Å². The lowest BCUT2D eigenvalue weighted by atomic mass is 10.1. The number of hydrogen-bond donors (Lipinski definition) is 2. The molecule has 0 saturated heterocycles. The molecule has 1 amide bonds. The zero-order valence-corrected chi connectivity index (χ0v) is 9.81. The molecule has 0 aliphatic heterocycles. The van der Waals surface area contributed by atoms with Crippen LogP contribution < -0.4 is 5.32 Å². The molecule has 1 aromatic heterocycles. The lowest BCUT2D eigenvalue weighted by Gasteiger charge is -2.03. The van der Waals surface area contributed by atoms with Crippen LogP contribution in [0.3, 0.4) is 0 Å². The van der Waals surface area contributed by atoms with E-state index in [0.29, 0.717) is 0 Å². The van der Waals surface area contributed by atoms with Crippen molar-refractivity contribution in [2.24, 2.45) is 0 Å². The fourth-order valence-corrected chi connectivity index (χ4v) is 1.47. The number of halogens is 1. The lowest BCUT2D eigenvalue weighted by molar-refractivity contribution is -0.384. The Morgan fingerprint density at radius 2 is 2.21 bits per heavy atom. The van der Waals surface area contributed by atoms with Crippen molar-refractivity contribution < 1.29 is 14.1 Å². The van der Waals surface area contributed by atoms with Gasteiger partial charge in [-0.2, -0.15) is 5.10 Å². The maximum Gasteiger partial charge on any atom is 0.270 e. The van der Waals surface area contributed by atoms with Gasteiger partial charge in [0, 0.05) is 23.9 Å². The third-order valence-electron chi connectivity index (χ3n) is 2.35. The standard InChI is InChI=1S/C11H9FN4O3/c1-6-4-10(15-14-6)13-11(17)8-5-7(16(18)19)2-3-9(8)12/h2-5H,1H3,(H2,13,14,15,17). The summed E-state index contributed by atoms with van der Waals surface area (Å²) >= 11 is 0. The molecule has 0 bridgehead atoms. The van der Waals surface area contributed by atoms with Gasteiger partial charge in [-0.3, -0.25) is 20.0 Å². The van der Waals surface area contributed by atoms with Crippen molar-refractivity contribution in [1.82, 2.24) is 10.2 Å². The number of amides is 1. The van der Waals surface area contributed by atoms with Gasteiger partial charge in [0.1, 0.15) is 5.82 Å². The van der Waals surface area contributed by atoms with Gasteiger partial charge in [-0.25, -0.2) is 4.39 Å². The first-order valence-electron chi connectivity index (χ1n) is 5.24. The number of nitro benzene ring substituents is 1. The fraction of sp³-hybridized carbons (Fsp3) is 0.0909. The molecule has 19 heavy (non-hydrogen) atoms. The number of carbonyl (C=O) groups is 1. The first-order chi connectivity index (χ1) is 8.97. The van der Waals surface area contributed by atoms with E-state index in [1.165, 1.54) is 0 Å². The Kier molecular flexibility index (Phi) is 3.23. The third kappa shape index (κ3) is 2.73. The number of hydrogen-bond acceptors (Lipinski definition) is 4. The monoisotopic (exact) mass is 264 g/mol. The highest BCUT2D eigenvalue weighted by Crippen LogP contribution is 2.18. The summed E-state index contributed by atoms with van der Waals surface area (Å²) in [6.07, 6.45) is 0. The number of benzene rings is 1. The van der Waals surface area contributed by atoms with Crippen molar-refractivity contribution in [1.29, 1.82) is 0 Å². The number of nitrogens with zero attached hydrogens (tertiary/aromatic N) is 2. The quantitative estimate of drug-likeness (QED) is 0.654. The smallest absolute Gasteiger partial charge is 0.270 e. The van der Waals surface area contributed by atoms with E-state index in [1.807, 2.05) is 0 Å². The topological polar surface area (TPSA) is 101 Å². The van der Waals surface area contributed by atoms with Crippen LogP contribution in [-0.2, 0) is 0 Å². The number of non-ortho nitro benzene ring substituents is 1. The Bertz CT molecular complexity index is 653. The van der Waals surface area contributed by atoms with Crippen LogP contribution in [0.4, 0.5) is 15.9 Å². The molecule has 98 valence electrons. The predicted molar refractivity (Wildman–Crippen MR) is 64.3 cm³/mol. The minimum Gasteiger partial charge on any atom is -0.305 e. The van der Waals surface area contributed by atoms with Crippen molar-refractivity contribution in [3.63, 3.8) is 0 Å². The molecule has 1 heterocycles. The molecular weight excluding hydrogens is 255 g/mol. The SMILES string of the molecule is Cc1cc(NC(=O)c2cc([N+](=O)[O-])ccc2F)n[nH]1. The zero-order chi connectivity index (χ0) is 14.0. The molecule has 0 spiro atoms. The van der Waals surface area contributed by atoms with Gasteiger partial charge in [0.05, 0.1) is 10.5 Å². The van der Waals surface area contributed by atoms with Crippen LogP contribution in [-0.4, -0.2) is 21.0 Å². The van der Waals surface area contributed by atoms with Crippen LogP contribution in [0.1, 0.15) is 16.1 Å². The van der Waals surface area contributed by atoms with Gasteiger partial charge in [0.2, 0.25) is 0 Å². The summed E-state index contributed by atoms with van der Waals surface area (Å²) in [5, 5.41) is 19.3. The minimum absolute atomic E-state index is 0.216. The Balaban J connectivity index is 2.27. The number of aromatic amines is 1. The number of nitro groups is 1. The summed E-state index contributed by atoms with van der Waals surface area (Å²) in [6.45, 7) is 1.73. The summed E-state index contributed by atoms with van der Waals surface area (Å²) in [6, 6.07) is 4.30. The van der Waals surface area contributed by atoms with Crippen LogP contribution >= 0.6 is 0 Å². The number of H-pyrrole nitrogens is 1. The lowest BCUT2D eigenvalue weighted by Crippen LogP contribution is -2.14. The maximum absolute atomic E-state index is 13.5. The number of aromatic nitrogens is 2. The molecule has 8 heteroatoms. The molecular formula is C11H9FN4O3. The van der Waals surface area contributed by atoms with E-state index >= 15 is 0 Å². The number of anilines is 1. The molecule has 0 radical (unpaired) electrons. The maximum atomic E-state index is 13.5. The van der Waals surface area contributed by atoms with E-state index in [0.717, 1.165) is 23.9 Å². The minimum atomic E-state index is -0.838. The van der Waals surface area contributed by atoms with E-state index in [-0.39, 0.29) is 11.5 Å². The van der Waals surface area contributed by atoms with E-state index in [1.54, 1.807) is 13.0 Å². The molecule has 1 aromatic carbocycles. The predicted octanol–water partition coefficient (Wildman–Crippen LogP) is 2.02. The van der Waals surface area contributed by atoms with Crippen LogP contribution in [0.2, 0.25) is 0 Å². The highest BCUT2D eigenvalue weighted by molar-refractivity contribution is 6.04.